The number of hydroxylamine groups is 2. The first-order chi connectivity index (χ1) is 4.34. The Bertz CT molecular complexity index is 107. The molecule has 1 rings (SSSR count). The minimum Gasteiger partial charge on any atom is -0.341 e. The molecule has 0 aromatic carbocycles. The summed E-state index contributed by atoms with van der Waals surface area (Å²) in [4.78, 5) is 9.86. The number of rotatable bonds is 2. The average Bonchev–Trinajstić information content (AvgIpc) is 2.18. The van der Waals surface area contributed by atoms with Crippen molar-refractivity contribution in [1.82, 2.24) is 10.4 Å². The highest BCUT2D eigenvalue weighted by atomic mass is 16.5. The van der Waals surface area contributed by atoms with Gasteiger partial charge in [-0.05, 0) is 12.8 Å². The van der Waals surface area contributed by atoms with Crippen molar-refractivity contribution in [3.8, 4) is 0 Å². The van der Waals surface area contributed by atoms with Crippen molar-refractivity contribution < 1.29 is 10.0 Å². The van der Waals surface area contributed by atoms with Gasteiger partial charge in [0.25, 0.3) is 0 Å². The summed E-state index contributed by atoms with van der Waals surface area (Å²) in [6.45, 7) is 0.658. The van der Waals surface area contributed by atoms with E-state index in [0.717, 1.165) is 17.9 Å². The highest BCUT2D eigenvalue weighted by Gasteiger charge is 2.21. The van der Waals surface area contributed by atoms with E-state index in [1.165, 1.54) is 0 Å². The molecule has 0 bridgehead atoms. The summed E-state index contributed by atoms with van der Waals surface area (Å²) in [7, 11) is 0. The van der Waals surface area contributed by atoms with Gasteiger partial charge in [-0.2, -0.15) is 5.06 Å². The van der Waals surface area contributed by atoms with Gasteiger partial charge in [0.2, 0.25) is 6.41 Å². The number of carbonyl (C=O) groups is 1. The number of amides is 1. The zero-order valence-corrected chi connectivity index (χ0v) is 5.08. The lowest BCUT2D eigenvalue weighted by Gasteiger charge is -2.15. The third-order valence-corrected chi connectivity index (χ3v) is 1.48. The van der Waals surface area contributed by atoms with Crippen molar-refractivity contribution in [2.45, 2.75) is 19.0 Å². The van der Waals surface area contributed by atoms with Gasteiger partial charge in [-0.3, -0.25) is 4.79 Å². The molecule has 0 saturated carbocycles. The normalized spacial score (nSPS) is 28.3. The van der Waals surface area contributed by atoms with E-state index in [1.807, 2.05) is 0 Å². The van der Waals surface area contributed by atoms with Gasteiger partial charge in [-0.25, -0.2) is 0 Å². The lowest BCUT2D eigenvalue weighted by atomic mass is 10.3. The number of hydrogen-bond acceptors (Lipinski definition) is 3. The van der Waals surface area contributed by atoms with E-state index in [-0.39, 0.29) is 6.17 Å². The molecule has 0 radical (unpaired) electrons. The first kappa shape index (κ1) is 6.51. The largest absolute Gasteiger partial charge is 0.341 e. The van der Waals surface area contributed by atoms with Crippen LogP contribution in [0.1, 0.15) is 12.8 Å². The van der Waals surface area contributed by atoms with Gasteiger partial charge in [-0.1, -0.05) is 0 Å². The molecule has 52 valence electrons. The van der Waals surface area contributed by atoms with Crippen LogP contribution in [-0.4, -0.2) is 29.4 Å². The van der Waals surface area contributed by atoms with Crippen molar-refractivity contribution in [1.29, 1.82) is 0 Å². The van der Waals surface area contributed by atoms with Crippen LogP contribution in [0.25, 0.3) is 0 Å². The maximum absolute atomic E-state index is 9.86. The molecule has 0 aromatic rings. The van der Waals surface area contributed by atoms with Gasteiger partial charge in [-0.15, -0.1) is 0 Å². The quantitative estimate of drug-likeness (QED) is 0.497. The number of nitrogens with one attached hydrogen (secondary N) is 1. The SMILES string of the molecule is O=CNC1CCCN1O. The van der Waals surface area contributed by atoms with E-state index >= 15 is 0 Å². The van der Waals surface area contributed by atoms with Crippen LogP contribution in [0.15, 0.2) is 0 Å². The summed E-state index contributed by atoms with van der Waals surface area (Å²) < 4.78 is 0. The first-order valence-corrected chi connectivity index (χ1v) is 3.00. The van der Waals surface area contributed by atoms with E-state index in [9.17, 15) is 4.79 Å². The Morgan fingerprint density at radius 3 is 3.00 bits per heavy atom. The summed E-state index contributed by atoms with van der Waals surface area (Å²) in [5.74, 6) is 0. The number of hydrogen-bond donors (Lipinski definition) is 2. The summed E-state index contributed by atoms with van der Waals surface area (Å²) in [6, 6.07) is 0. The Morgan fingerprint density at radius 1 is 1.78 bits per heavy atom. The Kier molecular flexibility index (Phi) is 2.02. The van der Waals surface area contributed by atoms with Gasteiger partial charge in [0.15, 0.2) is 0 Å². The van der Waals surface area contributed by atoms with Crippen molar-refractivity contribution in [2.75, 3.05) is 6.54 Å². The van der Waals surface area contributed by atoms with Gasteiger partial charge in [0.1, 0.15) is 6.17 Å². The molecule has 1 aliphatic heterocycles. The predicted octanol–water partition coefficient (Wildman–Crippen LogP) is -0.457. The minimum absolute atomic E-state index is 0.150. The molecule has 2 N–H and O–H groups in total. The van der Waals surface area contributed by atoms with Crippen molar-refractivity contribution in [3.05, 3.63) is 0 Å². The zero-order valence-electron chi connectivity index (χ0n) is 5.08. The van der Waals surface area contributed by atoms with Crippen molar-refractivity contribution in [3.63, 3.8) is 0 Å². The third-order valence-electron chi connectivity index (χ3n) is 1.48. The summed E-state index contributed by atoms with van der Waals surface area (Å²) >= 11 is 0. The molecule has 1 aliphatic rings. The maximum atomic E-state index is 9.86. The van der Waals surface area contributed by atoms with Crippen LogP contribution in [0.4, 0.5) is 0 Å². The molecule has 0 spiro atoms. The highest BCUT2D eigenvalue weighted by Crippen LogP contribution is 2.10. The molecule has 1 heterocycles. The number of carbonyl (C=O) groups excluding carboxylic acids is 1. The van der Waals surface area contributed by atoms with Crippen LogP contribution in [-0.2, 0) is 4.79 Å². The third kappa shape index (κ3) is 1.40. The van der Waals surface area contributed by atoms with E-state index in [2.05, 4.69) is 5.32 Å². The fourth-order valence-corrected chi connectivity index (χ4v) is 0.999. The smallest absolute Gasteiger partial charge is 0.208 e. The van der Waals surface area contributed by atoms with Crippen LogP contribution in [0.5, 0.6) is 0 Å². The highest BCUT2D eigenvalue weighted by molar-refractivity contribution is 5.46. The second-order valence-corrected chi connectivity index (χ2v) is 2.11. The van der Waals surface area contributed by atoms with Gasteiger partial charge >= 0.3 is 0 Å². The molecule has 1 amide bonds. The molecule has 1 atom stereocenters. The monoisotopic (exact) mass is 130 g/mol. The van der Waals surface area contributed by atoms with Crippen LogP contribution >= 0.6 is 0 Å². The molecule has 9 heavy (non-hydrogen) atoms. The topological polar surface area (TPSA) is 52.6 Å². The van der Waals surface area contributed by atoms with Crippen LogP contribution in [0.2, 0.25) is 0 Å². The Hall–Kier alpha value is -0.610. The van der Waals surface area contributed by atoms with Crippen molar-refractivity contribution in [2.24, 2.45) is 0 Å². The lowest BCUT2D eigenvalue weighted by Crippen LogP contribution is -2.38. The molecular formula is C5H10N2O2. The fourth-order valence-electron chi connectivity index (χ4n) is 0.999. The zero-order chi connectivity index (χ0) is 6.69. The minimum atomic E-state index is -0.150. The standard InChI is InChI=1S/C5H10N2O2/c8-4-6-5-2-1-3-7(5)9/h4-5,9H,1-3H2,(H,6,8). The van der Waals surface area contributed by atoms with E-state index in [0.29, 0.717) is 13.0 Å². The summed E-state index contributed by atoms with van der Waals surface area (Å²) in [6.07, 6.45) is 2.25. The van der Waals surface area contributed by atoms with E-state index in [4.69, 9.17) is 5.21 Å². The van der Waals surface area contributed by atoms with E-state index < -0.39 is 0 Å². The Labute approximate surface area is 53.4 Å². The molecule has 1 saturated heterocycles. The second-order valence-electron chi connectivity index (χ2n) is 2.11. The molecule has 1 fully saturated rings. The van der Waals surface area contributed by atoms with Crippen LogP contribution < -0.4 is 5.32 Å². The molecule has 4 nitrogen and oxygen atoms in total. The van der Waals surface area contributed by atoms with Crippen LogP contribution in [0, 0.1) is 0 Å². The molecule has 4 heteroatoms. The Balaban J connectivity index is 2.30. The van der Waals surface area contributed by atoms with Crippen LogP contribution in [0.3, 0.4) is 0 Å². The fraction of sp³-hybridized carbons (Fsp3) is 0.800. The molecule has 0 aliphatic carbocycles. The number of nitrogens with zero attached hydrogens (tertiary/aromatic N) is 1. The summed E-state index contributed by atoms with van der Waals surface area (Å²) in [5.41, 5.74) is 0. The van der Waals surface area contributed by atoms with Gasteiger partial charge in [0.05, 0.1) is 0 Å². The lowest BCUT2D eigenvalue weighted by molar-refractivity contribution is -0.127. The molecule has 0 aromatic heterocycles. The maximum Gasteiger partial charge on any atom is 0.208 e. The predicted molar refractivity (Wildman–Crippen MR) is 30.7 cm³/mol. The van der Waals surface area contributed by atoms with E-state index in [1.54, 1.807) is 0 Å². The summed E-state index contributed by atoms with van der Waals surface area (Å²) in [5, 5.41) is 12.6. The second kappa shape index (κ2) is 2.80. The van der Waals surface area contributed by atoms with Crippen molar-refractivity contribution >= 4 is 6.41 Å². The van der Waals surface area contributed by atoms with Gasteiger partial charge < -0.3 is 10.5 Å². The Morgan fingerprint density at radius 2 is 2.56 bits per heavy atom. The molecular weight excluding hydrogens is 120 g/mol. The first-order valence-electron chi connectivity index (χ1n) is 3.00. The molecule has 1 unspecified atom stereocenters. The average molecular weight is 130 g/mol. The van der Waals surface area contributed by atoms with Gasteiger partial charge in [0, 0.05) is 6.54 Å².